The highest BCUT2D eigenvalue weighted by Gasteiger charge is 2.37. The number of rotatable bonds is 3. The molecule has 5 heterocycles. The Morgan fingerprint density at radius 2 is 2.00 bits per heavy atom. The maximum atomic E-state index is 15.0. The van der Waals surface area contributed by atoms with E-state index in [-0.39, 0.29) is 34.1 Å². The second kappa shape index (κ2) is 9.37. The molecule has 0 radical (unpaired) electrons. The lowest BCUT2D eigenvalue weighted by atomic mass is 10.0. The summed E-state index contributed by atoms with van der Waals surface area (Å²) < 4.78 is 26.7. The number of phenols is 1. The van der Waals surface area contributed by atoms with Crippen LogP contribution in [0, 0.1) is 5.82 Å². The van der Waals surface area contributed by atoms with E-state index in [4.69, 9.17) is 26.1 Å². The van der Waals surface area contributed by atoms with Crippen molar-refractivity contribution in [3.8, 4) is 22.8 Å². The predicted molar refractivity (Wildman–Crippen MR) is 132 cm³/mol. The summed E-state index contributed by atoms with van der Waals surface area (Å²) in [5, 5.41) is 14.2. The first-order chi connectivity index (χ1) is 17.0. The number of ether oxygens (including phenoxy) is 2. The zero-order valence-corrected chi connectivity index (χ0v) is 20.6. The molecule has 188 valence electrons. The van der Waals surface area contributed by atoms with Gasteiger partial charge >= 0.3 is 0 Å². The van der Waals surface area contributed by atoms with Crippen molar-refractivity contribution >= 4 is 17.4 Å². The van der Waals surface area contributed by atoms with Gasteiger partial charge in [0.15, 0.2) is 0 Å². The maximum Gasteiger partial charge on any atom is 0.148 e. The highest BCUT2D eigenvalue weighted by Crippen LogP contribution is 2.46. The van der Waals surface area contributed by atoms with Crippen molar-refractivity contribution in [3.63, 3.8) is 0 Å². The largest absolute Gasteiger partial charge is 0.507 e. The summed E-state index contributed by atoms with van der Waals surface area (Å²) in [6.07, 6.45) is 0. The minimum absolute atomic E-state index is 0.00620. The molecule has 0 aliphatic carbocycles. The maximum absolute atomic E-state index is 15.0. The molecule has 10 heteroatoms. The van der Waals surface area contributed by atoms with Gasteiger partial charge in [-0.2, -0.15) is 0 Å². The molecule has 0 spiro atoms. The number of aromatic nitrogens is 1. The van der Waals surface area contributed by atoms with Gasteiger partial charge in [0.1, 0.15) is 40.5 Å². The minimum atomic E-state index is -0.566. The third-order valence-corrected chi connectivity index (χ3v) is 8.07. The van der Waals surface area contributed by atoms with Crippen molar-refractivity contribution < 1.29 is 19.0 Å². The van der Waals surface area contributed by atoms with Crippen molar-refractivity contribution in [2.75, 3.05) is 64.0 Å². The van der Waals surface area contributed by atoms with Crippen LogP contribution < -0.4 is 15.0 Å². The quantitative estimate of drug-likeness (QED) is 0.661. The van der Waals surface area contributed by atoms with E-state index < -0.39 is 5.82 Å². The highest BCUT2D eigenvalue weighted by atomic mass is 35.5. The molecule has 1 aromatic carbocycles. The molecular formula is C25H31ClFN5O3. The number of hydrogen-bond donors (Lipinski definition) is 2. The van der Waals surface area contributed by atoms with Crippen molar-refractivity contribution in [1.82, 2.24) is 20.1 Å². The van der Waals surface area contributed by atoms with E-state index in [9.17, 15) is 9.50 Å². The lowest BCUT2D eigenvalue weighted by Crippen LogP contribution is -2.60. The van der Waals surface area contributed by atoms with E-state index in [0.29, 0.717) is 24.9 Å². The number of fused-ring (bicyclic) bond motifs is 2. The lowest BCUT2D eigenvalue weighted by molar-refractivity contribution is -0.0692. The first-order valence-electron chi connectivity index (χ1n) is 12.4. The Hall–Kier alpha value is -2.17. The summed E-state index contributed by atoms with van der Waals surface area (Å²) in [5.74, 6) is 0.552. The molecule has 1 unspecified atom stereocenters. The summed E-state index contributed by atoms with van der Waals surface area (Å²) in [6.45, 7) is 10.2. The van der Waals surface area contributed by atoms with Crippen LogP contribution in [0.4, 0.5) is 10.2 Å². The molecular weight excluding hydrogens is 473 g/mol. The molecule has 4 aliphatic heterocycles. The standard InChI is InChI=1S/C25H31ClFN5O3/c1-15-10-31(17-12-34-13-17)7-8-32(15)25-18-11-30-6-5-28-9-16(30)14-35-24(18)22(26)23(29-25)21-19(27)3-2-4-20(21)33/h2-4,15-17,28,33H,5-14H2,1H3/t15?,16-/m1/s1. The van der Waals surface area contributed by atoms with E-state index in [0.717, 1.165) is 63.9 Å². The molecule has 1 aromatic heterocycles. The van der Waals surface area contributed by atoms with E-state index in [2.05, 4.69) is 26.9 Å². The van der Waals surface area contributed by atoms with Crippen LogP contribution in [0.2, 0.25) is 5.02 Å². The zero-order chi connectivity index (χ0) is 24.1. The number of hydrogen-bond acceptors (Lipinski definition) is 8. The average molecular weight is 504 g/mol. The van der Waals surface area contributed by atoms with Gasteiger partial charge in [-0.3, -0.25) is 9.80 Å². The van der Waals surface area contributed by atoms with E-state index >= 15 is 0 Å². The summed E-state index contributed by atoms with van der Waals surface area (Å²) >= 11 is 6.87. The van der Waals surface area contributed by atoms with E-state index in [1.165, 1.54) is 18.2 Å². The number of nitrogens with zero attached hydrogens (tertiary/aromatic N) is 4. The van der Waals surface area contributed by atoms with E-state index in [1.807, 2.05) is 0 Å². The summed E-state index contributed by atoms with van der Waals surface area (Å²) in [5.41, 5.74) is 1.16. The van der Waals surface area contributed by atoms with Gasteiger partial charge in [-0.25, -0.2) is 9.37 Å². The smallest absolute Gasteiger partial charge is 0.148 e. The second-order valence-corrected chi connectivity index (χ2v) is 10.3. The number of pyridine rings is 1. The van der Waals surface area contributed by atoms with Crippen molar-refractivity contribution in [2.45, 2.75) is 31.6 Å². The fourth-order valence-electron chi connectivity index (χ4n) is 5.63. The van der Waals surface area contributed by atoms with Crippen LogP contribution in [0.5, 0.6) is 11.5 Å². The van der Waals surface area contributed by atoms with Gasteiger partial charge < -0.3 is 24.8 Å². The summed E-state index contributed by atoms with van der Waals surface area (Å²) in [6, 6.07) is 5.12. The Morgan fingerprint density at radius 1 is 1.14 bits per heavy atom. The van der Waals surface area contributed by atoms with Crippen molar-refractivity contribution in [3.05, 3.63) is 34.6 Å². The summed E-state index contributed by atoms with van der Waals surface area (Å²) in [4.78, 5) is 12.1. The number of benzene rings is 1. The molecule has 0 saturated carbocycles. The first-order valence-corrected chi connectivity index (χ1v) is 12.7. The Morgan fingerprint density at radius 3 is 2.74 bits per heavy atom. The number of phenolic OH excluding ortho intramolecular Hbond substituents is 1. The zero-order valence-electron chi connectivity index (χ0n) is 19.8. The van der Waals surface area contributed by atoms with Crippen LogP contribution in [0.1, 0.15) is 12.5 Å². The number of aromatic hydroxyl groups is 1. The van der Waals surface area contributed by atoms with Gasteiger partial charge in [0, 0.05) is 51.9 Å². The predicted octanol–water partition coefficient (Wildman–Crippen LogP) is 2.32. The summed E-state index contributed by atoms with van der Waals surface area (Å²) in [7, 11) is 0. The van der Waals surface area contributed by atoms with Crippen LogP contribution in [-0.4, -0.2) is 97.1 Å². The van der Waals surface area contributed by atoms with Gasteiger partial charge in [0.05, 0.1) is 36.4 Å². The molecule has 6 rings (SSSR count). The van der Waals surface area contributed by atoms with Gasteiger partial charge in [-0.1, -0.05) is 17.7 Å². The molecule has 4 aliphatic rings. The van der Waals surface area contributed by atoms with Crippen LogP contribution in [0.15, 0.2) is 18.2 Å². The van der Waals surface area contributed by atoms with Crippen LogP contribution in [-0.2, 0) is 11.3 Å². The molecule has 35 heavy (non-hydrogen) atoms. The number of anilines is 1. The number of halogens is 2. The van der Waals surface area contributed by atoms with Crippen LogP contribution in [0.3, 0.4) is 0 Å². The molecule has 2 aromatic rings. The average Bonchev–Trinajstić information content (AvgIpc) is 3.00. The molecule has 2 N–H and O–H groups in total. The minimum Gasteiger partial charge on any atom is -0.507 e. The Bertz CT molecular complexity index is 1100. The van der Waals surface area contributed by atoms with Gasteiger partial charge in [-0.05, 0) is 19.1 Å². The molecule has 3 saturated heterocycles. The van der Waals surface area contributed by atoms with Crippen molar-refractivity contribution in [1.29, 1.82) is 0 Å². The van der Waals surface area contributed by atoms with Gasteiger partial charge in [0.25, 0.3) is 0 Å². The third kappa shape index (κ3) is 4.13. The van der Waals surface area contributed by atoms with Gasteiger partial charge in [0.2, 0.25) is 0 Å². The Balaban J connectivity index is 1.45. The molecule has 0 amide bonds. The first kappa shape index (κ1) is 23.2. The molecule has 2 atom stereocenters. The van der Waals surface area contributed by atoms with E-state index in [1.54, 1.807) is 0 Å². The molecule has 8 nitrogen and oxygen atoms in total. The van der Waals surface area contributed by atoms with Gasteiger partial charge in [-0.15, -0.1) is 0 Å². The van der Waals surface area contributed by atoms with Crippen LogP contribution in [0.25, 0.3) is 11.3 Å². The lowest BCUT2D eigenvalue weighted by Gasteiger charge is -2.46. The molecule has 0 bridgehead atoms. The number of piperazine rings is 2. The Kier molecular flexibility index (Phi) is 6.22. The Labute approximate surface area is 209 Å². The van der Waals surface area contributed by atoms with Crippen molar-refractivity contribution in [2.24, 2.45) is 0 Å². The fourth-order valence-corrected chi connectivity index (χ4v) is 5.94. The normalized spacial score (nSPS) is 25.9. The number of nitrogens with one attached hydrogen (secondary N) is 1. The molecule has 3 fully saturated rings. The highest BCUT2D eigenvalue weighted by molar-refractivity contribution is 6.35. The SMILES string of the molecule is CC1CN(C2COC2)CCN1c1nc(-c2c(O)cccc2F)c(Cl)c2c1CN1CCNC[C@@H]1CO2. The topological polar surface area (TPSA) is 73.3 Å². The fraction of sp³-hybridized carbons (Fsp3) is 0.560. The monoisotopic (exact) mass is 503 g/mol. The second-order valence-electron chi connectivity index (χ2n) is 9.91. The third-order valence-electron chi connectivity index (χ3n) is 7.72. The van der Waals surface area contributed by atoms with Crippen LogP contribution >= 0.6 is 11.6 Å².